The second kappa shape index (κ2) is 7.22. The quantitative estimate of drug-likeness (QED) is 0.769. The minimum absolute atomic E-state index is 0.00422. The molecule has 1 aliphatic rings. The maximum Gasteiger partial charge on any atom is 0.272 e. The van der Waals surface area contributed by atoms with Gasteiger partial charge in [0, 0.05) is 42.5 Å². The molecule has 5 nitrogen and oxygen atoms in total. The summed E-state index contributed by atoms with van der Waals surface area (Å²) in [6, 6.07) is 19.5. The van der Waals surface area contributed by atoms with Crippen molar-refractivity contribution in [3.05, 3.63) is 71.4 Å². The van der Waals surface area contributed by atoms with Crippen LogP contribution >= 0.6 is 11.6 Å². The molecule has 0 bridgehead atoms. The van der Waals surface area contributed by atoms with Crippen LogP contribution in [0.15, 0.2) is 60.7 Å². The van der Waals surface area contributed by atoms with Gasteiger partial charge in [0.2, 0.25) is 0 Å². The number of hydrogen-bond donors (Lipinski definition) is 1. The van der Waals surface area contributed by atoms with Crippen LogP contribution in [0.5, 0.6) is 0 Å². The lowest BCUT2D eigenvalue weighted by atomic mass is 10.1. The summed E-state index contributed by atoms with van der Waals surface area (Å²) < 4.78 is 0. The van der Waals surface area contributed by atoms with Gasteiger partial charge < -0.3 is 9.80 Å². The van der Waals surface area contributed by atoms with E-state index in [2.05, 4.69) is 15.1 Å². The summed E-state index contributed by atoms with van der Waals surface area (Å²) in [4.78, 5) is 16.9. The first-order valence-electron chi connectivity index (χ1n) is 8.61. The molecule has 0 spiro atoms. The van der Waals surface area contributed by atoms with Gasteiger partial charge in [-0.1, -0.05) is 41.9 Å². The van der Waals surface area contributed by atoms with Gasteiger partial charge in [-0.05, 0) is 30.3 Å². The zero-order valence-corrected chi connectivity index (χ0v) is 15.0. The molecule has 1 N–H and O–H groups in total. The van der Waals surface area contributed by atoms with Crippen LogP contribution in [0, 0.1) is 0 Å². The third-order valence-electron chi connectivity index (χ3n) is 4.64. The second-order valence-electron chi connectivity index (χ2n) is 6.29. The van der Waals surface area contributed by atoms with E-state index in [-0.39, 0.29) is 5.91 Å². The predicted octanol–water partition coefficient (Wildman–Crippen LogP) is 3.69. The Morgan fingerprint density at radius 1 is 0.962 bits per heavy atom. The maximum absolute atomic E-state index is 12.8. The Hall–Kier alpha value is -2.79. The number of nitrogens with one attached hydrogen (secondary N) is 1. The number of rotatable bonds is 3. The van der Waals surface area contributed by atoms with Crippen molar-refractivity contribution < 1.29 is 4.79 Å². The third-order valence-corrected chi connectivity index (χ3v) is 4.89. The topological polar surface area (TPSA) is 52.2 Å². The Balaban J connectivity index is 1.41. The van der Waals surface area contributed by atoms with Gasteiger partial charge in [0.15, 0.2) is 0 Å². The molecule has 0 aliphatic carbocycles. The lowest BCUT2D eigenvalue weighted by molar-refractivity contribution is 0.0741. The molecule has 6 heteroatoms. The molecule has 0 saturated carbocycles. The van der Waals surface area contributed by atoms with Gasteiger partial charge in [0.25, 0.3) is 5.91 Å². The summed E-state index contributed by atoms with van der Waals surface area (Å²) in [5, 5.41) is 7.89. The lowest BCUT2D eigenvalue weighted by Gasteiger charge is -2.35. The molecule has 1 amide bonds. The van der Waals surface area contributed by atoms with Gasteiger partial charge in [0.05, 0.1) is 5.69 Å². The SMILES string of the molecule is O=C(c1cc(-c2ccccc2)n[nH]1)N1CCN(c2ccc(Cl)cc2)CC1. The second-order valence-corrected chi connectivity index (χ2v) is 6.72. The van der Waals surface area contributed by atoms with Crippen molar-refractivity contribution in [2.45, 2.75) is 0 Å². The highest BCUT2D eigenvalue weighted by Gasteiger charge is 2.23. The number of hydrogen-bond acceptors (Lipinski definition) is 3. The lowest BCUT2D eigenvalue weighted by Crippen LogP contribution is -2.48. The number of aromatic amines is 1. The van der Waals surface area contributed by atoms with Crippen molar-refractivity contribution in [1.29, 1.82) is 0 Å². The van der Waals surface area contributed by atoms with E-state index in [1.165, 1.54) is 0 Å². The van der Waals surface area contributed by atoms with Crippen molar-refractivity contribution in [3.8, 4) is 11.3 Å². The number of H-pyrrole nitrogens is 1. The molecule has 0 radical (unpaired) electrons. The number of piperazine rings is 1. The molecule has 3 aromatic rings. The van der Waals surface area contributed by atoms with Gasteiger partial charge in [-0.3, -0.25) is 9.89 Å². The van der Waals surface area contributed by atoms with Crippen molar-refractivity contribution in [2.75, 3.05) is 31.1 Å². The Labute approximate surface area is 157 Å². The van der Waals surface area contributed by atoms with Crippen LogP contribution in [0.4, 0.5) is 5.69 Å². The molecule has 1 fully saturated rings. The monoisotopic (exact) mass is 366 g/mol. The standard InChI is InChI=1S/C20H19ClN4O/c21-16-6-8-17(9-7-16)24-10-12-25(13-11-24)20(26)19-14-18(22-23-19)15-4-2-1-3-5-15/h1-9,14H,10-13H2,(H,22,23). The fourth-order valence-electron chi connectivity index (χ4n) is 3.18. The minimum atomic E-state index is -0.00422. The van der Waals surface area contributed by atoms with Gasteiger partial charge >= 0.3 is 0 Å². The number of aromatic nitrogens is 2. The molecule has 2 heterocycles. The fourth-order valence-corrected chi connectivity index (χ4v) is 3.30. The smallest absolute Gasteiger partial charge is 0.272 e. The number of amides is 1. The number of halogens is 1. The molecule has 132 valence electrons. The first-order valence-corrected chi connectivity index (χ1v) is 8.99. The molecule has 4 rings (SSSR count). The predicted molar refractivity (Wildman–Crippen MR) is 104 cm³/mol. The van der Waals surface area contributed by atoms with Crippen LogP contribution in [0.2, 0.25) is 5.02 Å². The van der Waals surface area contributed by atoms with Crippen LogP contribution in [0.3, 0.4) is 0 Å². The zero-order chi connectivity index (χ0) is 17.9. The van der Waals surface area contributed by atoms with Crippen LogP contribution in [-0.4, -0.2) is 47.2 Å². The molecule has 0 atom stereocenters. The molecular weight excluding hydrogens is 348 g/mol. The molecule has 1 aromatic heterocycles. The normalized spacial score (nSPS) is 14.5. The molecule has 1 saturated heterocycles. The first-order chi connectivity index (χ1) is 12.7. The molecule has 1 aliphatic heterocycles. The highest BCUT2D eigenvalue weighted by atomic mass is 35.5. The Bertz CT molecular complexity index is 884. The van der Waals surface area contributed by atoms with E-state index in [4.69, 9.17) is 11.6 Å². The minimum Gasteiger partial charge on any atom is -0.368 e. The summed E-state index contributed by atoms with van der Waals surface area (Å²) in [6.07, 6.45) is 0. The summed E-state index contributed by atoms with van der Waals surface area (Å²) in [5.41, 5.74) is 3.45. The van der Waals surface area contributed by atoms with Gasteiger partial charge in [-0.15, -0.1) is 0 Å². The van der Waals surface area contributed by atoms with Gasteiger partial charge in [-0.2, -0.15) is 5.10 Å². The highest BCUT2D eigenvalue weighted by Crippen LogP contribution is 2.21. The average Bonchev–Trinajstić information content (AvgIpc) is 3.19. The summed E-state index contributed by atoms with van der Waals surface area (Å²) in [6.45, 7) is 2.96. The van der Waals surface area contributed by atoms with Crippen molar-refractivity contribution in [2.24, 2.45) is 0 Å². The molecule has 2 aromatic carbocycles. The van der Waals surface area contributed by atoms with E-state index in [0.717, 1.165) is 35.1 Å². The van der Waals surface area contributed by atoms with Crippen LogP contribution in [0.25, 0.3) is 11.3 Å². The number of carbonyl (C=O) groups is 1. The fraction of sp³-hybridized carbons (Fsp3) is 0.200. The summed E-state index contributed by atoms with van der Waals surface area (Å²) in [5.74, 6) is -0.00422. The Morgan fingerprint density at radius 2 is 1.65 bits per heavy atom. The van der Waals surface area contributed by atoms with E-state index < -0.39 is 0 Å². The van der Waals surface area contributed by atoms with Crippen LogP contribution in [-0.2, 0) is 0 Å². The van der Waals surface area contributed by atoms with E-state index in [9.17, 15) is 4.79 Å². The number of nitrogens with zero attached hydrogens (tertiary/aromatic N) is 3. The molecule has 0 unspecified atom stereocenters. The van der Waals surface area contributed by atoms with Crippen LogP contribution < -0.4 is 4.90 Å². The largest absolute Gasteiger partial charge is 0.368 e. The average molecular weight is 367 g/mol. The van der Waals surface area contributed by atoms with Crippen molar-refractivity contribution in [3.63, 3.8) is 0 Å². The molecular formula is C20H19ClN4O. The highest BCUT2D eigenvalue weighted by molar-refractivity contribution is 6.30. The number of carbonyl (C=O) groups excluding carboxylic acids is 1. The zero-order valence-electron chi connectivity index (χ0n) is 14.2. The van der Waals surface area contributed by atoms with Gasteiger partial charge in [-0.25, -0.2) is 0 Å². The number of anilines is 1. The summed E-state index contributed by atoms with van der Waals surface area (Å²) in [7, 11) is 0. The maximum atomic E-state index is 12.8. The Kier molecular flexibility index (Phi) is 4.63. The van der Waals surface area contributed by atoms with E-state index in [1.807, 2.05) is 65.6 Å². The number of benzene rings is 2. The van der Waals surface area contributed by atoms with Crippen molar-refractivity contribution in [1.82, 2.24) is 15.1 Å². The van der Waals surface area contributed by atoms with Crippen LogP contribution in [0.1, 0.15) is 10.5 Å². The van der Waals surface area contributed by atoms with E-state index in [1.54, 1.807) is 0 Å². The summed E-state index contributed by atoms with van der Waals surface area (Å²) >= 11 is 5.95. The first kappa shape index (κ1) is 16.7. The van der Waals surface area contributed by atoms with E-state index in [0.29, 0.717) is 18.8 Å². The van der Waals surface area contributed by atoms with Gasteiger partial charge in [0.1, 0.15) is 5.69 Å². The molecule has 26 heavy (non-hydrogen) atoms. The van der Waals surface area contributed by atoms with E-state index >= 15 is 0 Å². The Morgan fingerprint density at radius 3 is 2.35 bits per heavy atom. The van der Waals surface area contributed by atoms with Crippen molar-refractivity contribution >= 4 is 23.2 Å². The third kappa shape index (κ3) is 3.44.